The topological polar surface area (TPSA) is 38.7 Å². The van der Waals surface area contributed by atoms with Crippen LogP contribution >= 0.6 is 0 Å². The summed E-state index contributed by atoms with van der Waals surface area (Å²) in [6.45, 7) is 0. The Morgan fingerprint density at radius 3 is 1.87 bits per heavy atom. The molecule has 0 atom stereocenters. The highest BCUT2D eigenvalue weighted by Gasteiger charge is 2.24. The first-order valence-corrected chi connectivity index (χ1v) is 18.8. The van der Waals surface area contributed by atoms with Gasteiger partial charge >= 0.3 is 0 Å². The molecule has 11 rings (SSSR count). The molecule has 2 heterocycles. The van der Waals surface area contributed by atoms with Gasteiger partial charge in [0.25, 0.3) is 0 Å². The summed E-state index contributed by atoms with van der Waals surface area (Å²) in [5, 5.41) is 7.31. The van der Waals surface area contributed by atoms with Crippen molar-refractivity contribution in [1.82, 2.24) is 15.0 Å². The second kappa shape index (κ2) is 12.7. The van der Waals surface area contributed by atoms with E-state index in [0.717, 1.165) is 51.3 Å². The molecule has 0 amide bonds. The number of hydrogen-bond donors (Lipinski definition) is 0. The van der Waals surface area contributed by atoms with Gasteiger partial charge in [-0.2, -0.15) is 0 Å². The average Bonchev–Trinajstić information content (AvgIpc) is 3.65. The second-order valence-electron chi connectivity index (χ2n) is 14.4. The van der Waals surface area contributed by atoms with E-state index in [9.17, 15) is 0 Å². The third kappa shape index (κ3) is 5.40. The number of aromatic nitrogens is 3. The van der Waals surface area contributed by atoms with E-state index in [1.54, 1.807) is 0 Å². The van der Waals surface area contributed by atoms with Crippen molar-refractivity contribution >= 4 is 32.3 Å². The molecule has 0 saturated carbocycles. The second-order valence-corrected chi connectivity index (χ2v) is 14.4. The van der Waals surface area contributed by atoms with Gasteiger partial charge in [0.2, 0.25) is 0 Å². The van der Waals surface area contributed by atoms with Gasteiger partial charge < -0.3 is 0 Å². The normalized spacial score (nSPS) is 11.9. The van der Waals surface area contributed by atoms with Crippen LogP contribution in [0.5, 0.6) is 0 Å². The van der Waals surface area contributed by atoms with E-state index in [-0.39, 0.29) is 0 Å². The number of benzene rings is 8. The highest BCUT2D eigenvalue weighted by atomic mass is 14.9. The van der Waals surface area contributed by atoms with Crippen molar-refractivity contribution in [3.63, 3.8) is 0 Å². The molecule has 0 unspecified atom stereocenters. The number of fused-ring (bicyclic) bond motifs is 7. The Hall–Kier alpha value is -7.23. The van der Waals surface area contributed by atoms with Crippen LogP contribution in [0.25, 0.3) is 99.7 Å². The van der Waals surface area contributed by atoms with E-state index in [0.29, 0.717) is 5.82 Å². The molecule has 0 bridgehead atoms. The van der Waals surface area contributed by atoms with Gasteiger partial charge in [-0.05, 0) is 108 Å². The Labute approximate surface area is 319 Å². The zero-order valence-electron chi connectivity index (χ0n) is 29.9. The summed E-state index contributed by atoms with van der Waals surface area (Å²) in [6, 6.07) is 65.1. The average molecular weight is 700 g/mol. The lowest BCUT2D eigenvalue weighted by molar-refractivity contribution is 1.18. The summed E-state index contributed by atoms with van der Waals surface area (Å²) < 4.78 is 0. The number of nitrogens with zero attached hydrogens (tertiary/aromatic N) is 3. The minimum Gasteiger partial charge on any atom is -0.256 e. The molecule has 0 saturated heterocycles. The molecule has 256 valence electrons. The Kier molecular flexibility index (Phi) is 7.24. The molecule has 10 aromatic rings. The molecule has 1 aliphatic rings. The lowest BCUT2D eigenvalue weighted by Gasteiger charge is -2.16. The largest absolute Gasteiger partial charge is 0.256 e. The van der Waals surface area contributed by atoms with Crippen LogP contribution in [0.3, 0.4) is 0 Å². The van der Waals surface area contributed by atoms with Crippen molar-refractivity contribution in [3.8, 4) is 67.4 Å². The smallest absolute Gasteiger partial charge is 0.160 e. The number of rotatable bonds is 5. The molecule has 0 spiro atoms. The quantitative estimate of drug-likeness (QED) is 0.168. The van der Waals surface area contributed by atoms with Crippen LogP contribution in [0.4, 0.5) is 0 Å². The maximum atomic E-state index is 5.37. The van der Waals surface area contributed by atoms with E-state index >= 15 is 0 Å². The Morgan fingerprint density at radius 2 is 1.02 bits per heavy atom. The van der Waals surface area contributed by atoms with E-state index in [2.05, 4.69) is 176 Å². The van der Waals surface area contributed by atoms with Gasteiger partial charge in [-0.15, -0.1) is 0 Å². The zero-order valence-corrected chi connectivity index (χ0v) is 29.9. The van der Waals surface area contributed by atoms with Gasteiger partial charge in [0, 0.05) is 34.9 Å². The van der Waals surface area contributed by atoms with Crippen molar-refractivity contribution in [1.29, 1.82) is 0 Å². The lowest BCUT2D eigenvalue weighted by atomic mass is 9.89. The summed E-state index contributed by atoms with van der Waals surface area (Å²) in [4.78, 5) is 15.6. The standard InChI is InChI=1S/C52H33N3/c1-2-13-34(14-3-1)49-32-50(38-23-22-33-12-4-5-15-35(33)26-38)55-52(54-49)41-28-39(43-24-25-53-51-44-19-9-7-17-37(44)31-48(43)51)27-40(29-41)47-30-36-16-6-8-18-42(36)45-20-10-11-21-46(45)47/h1-30,32H,31H2. The van der Waals surface area contributed by atoms with Crippen LogP contribution in [0.1, 0.15) is 11.1 Å². The Balaban J connectivity index is 1.18. The molecule has 8 aromatic carbocycles. The SMILES string of the molecule is c1ccc(-c2cc(-c3ccc4ccccc4c3)nc(-c3cc(-c4ccnc5c4Cc4ccccc4-5)cc(-c4cc5ccccc5c5ccccc45)c3)n2)cc1. The first-order chi connectivity index (χ1) is 27.2. The van der Waals surface area contributed by atoms with Crippen LogP contribution < -0.4 is 0 Å². The summed E-state index contributed by atoms with van der Waals surface area (Å²) >= 11 is 0. The maximum absolute atomic E-state index is 5.37. The number of pyridine rings is 1. The van der Waals surface area contributed by atoms with Gasteiger partial charge in [-0.25, -0.2) is 9.97 Å². The zero-order chi connectivity index (χ0) is 36.3. The molecule has 3 nitrogen and oxygen atoms in total. The lowest BCUT2D eigenvalue weighted by Crippen LogP contribution is -1.98. The third-order valence-corrected chi connectivity index (χ3v) is 11.1. The predicted octanol–water partition coefficient (Wildman–Crippen LogP) is 13.2. The monoisotopic (exact) mass is 699 g/mol. The van der Waals surface area contributed by atoms with Crippen LogP contribution in [0.15, 0.2) is 188 Å². The van der Waals surface area contributed by atoms with E-state index in [1.165, 1.54) is 60.1 Å². The predicted molar refractivity (Wildman–Crippen MR) is 228 cm³/mol. The Bertz CT molecular complexity index is 3130. The first-order valence-electron chi connectivity index (χ1n) is 18.8. The van der Waals surface area contributed by atoms with E-state index < -0.39 is 0 Å². The van der Waals surface area contributed by atoms with Crippen LogP contribution in [-0.2, 0) is 6.42 Å². The van der Waals surface area contributed by atoms with E-state index in [1.807, 2.05) is 12.3 Å². The maximum Gasteiger partial charge on any atom is 0.160 e. The first kappa shape index (κ1) is 31.3. The van der Waals surface area contributed by atoms with Crippen molar-refractivity contribution in [2.45, 2.75) is 6.42 Å². The molecule has 1 aliphatic carbocycles. The fourth-order valence-electron chi connectivity index (χ4n) is 8.46. The van der Waals surface area contributed by atoms with Crippen molar-refractivity contribution in [2.24, 2.45) is 0 Å². The molecule has 2 aromatic heterocycles. The molecule has 0 aliphatic heterocycles. The molecule has 0 fully saturated rings. The summed E-state index contributed by atoms with van der Waals surface area (Å²) in [6.07, 6.45) is 2.80. The van der Waals surface area contributed by atoms with Crippen molar-refractivity contribution < 1.29 is 0 Å². The minimum atomic E-state index is 0.687. The van der Waals surface area contributed by atoms with E-state index in [4.69, 9.17) is 15.0 Å². The van der Waals surface area contributed by atoms with Gasteiger partial charge in [0.1, 0.15) is 0 Å². The molecule has 0 radical (unpaired) electrons. The fraction of sp³-hybridized carbons (Fsp3) is 0.0192. The van der Waals surface area contributed by atoms with Crippen LogP contribution in [0.2, 0.25) is 0 Å². The van der Waals surface area contributed by atoms with Gasteiger partial charge in [0.05, 0.1) is 17.1 Å². The molecule has 55 heavy (non-hydrogen) atoms. The third-order valence-electron chi connectivity index (χ3n) is 11.1. The van der Waals surface area contributed by atoms with Gasteiger partial charge in [-0.3, -0.25) is 4.98 Å². The summed E-state index contributed by atoms with van der Waals surface area (Å²) in [5.41, 5.74) is 14.3. The highest BCUT2D eigenvalue weighted by Crippen LogP contribution is 2.43. The number of hydrogen-bond acceptors (Lipinski definition) is 3. The Morgan fingerprint density at radius 1 is 0.364 bits per heavy atom. The minimum absolute atomic E-state index is 0.687. The molecule has 3 heteroatoms. The fourth-order valence-corrected chi connectivity index (χ4v) is 8.46. The summed E-state index contributed by atoms with van der Waals surface area (Å²) in [5.74, 6) is 0.687. The molecular weight excluding hydrogens is 667 g/mol. The summed E-state index contributed by atoms with van der Waals surface area (Å²) in [7, 11) is 0. The van der Waals surface area contributed by atoms with Gasteiger partial charge in [0.15, 0.2) is 5.82 Å². The van der Waals surface area contributed by atoms with Crippen LogP contribution in [-0.4, -0.2) is 15.0 Å². The molecule has 0 N–H and O–H groups in total. The van der Waals surface area contributed by atoms with Crippen molar-refractivity contribution in [3.05, 3.63) is 199 Å². The van der Waals surface area contributed by atoms with Gasteiger partial charge in [-0.1, -0.05) is 140 Å². The van der Waals surface area contributed by atoms with Crippen molar-refractivity contribution in [2.75, 3.05) is 0 Å². The van der Waals surface area contributed by atoms with Crippen LogP contribution in [0, 0.1) is 0 Å². The molecular formula is C52H33N3. The highest BCUT2D eigenvalue weighted by molar-refractivity contribution is 6.14.